The molecular formula is C10H8Cl2FN3O. The van der Waals surface area contributed by atoms with E-state index in [0.717, 1.165) is 4.68 Å². The van der Waals surface area contributed by atoms with Gasteiger partial charge in [-0.1, -0.05) is 23.2 Å². The highest BCUT2D eigenvalue weighted by atomic mass is 35.5. The quantitative estimate of drug-likeness (QED) is 0.937. The Bertz CT molecular complexity index is 506. The van der Waals surface area contributed by atoms with E-state index in [4.69, 9.17) is 23.2 Å². The van der Waals surface area contributed by atoms with Gasteiger partial charge in [-0.15, -0.1) is 0 Å². The lowest BCUT2D eigenvalue weighted by molar-refractivity contribution is 0.0254. The first kappa shape index (κ1) is 12.3. The minimum atomic E-state index is -1.77. The molecule has 0 radical (unpaired) electrons. The van der Waals surface area contributed by atoms with Crippen molar-refractivity contribution < 1.29 is 9.50 Å². The van der Waals surface area contributed by atoms with Crippen molar-refractivity contribution in [3.8, 4) is 0 Å². The Morgan fingerprint density at radius 2 is 2.12 bits per heavy atom. The van der Waals surface area contributed by atoms with Crippen molar-refractivity contribution in [2.24, 2.45) is 0 Å². The Morgan fingerprint density at radius 1 is 1.35 bits per heavy atom. The number of aromatic nitrogens is 3. The summed E-state index contributed by atoms with van der Waals surface area (Å²) in [5.41, 5.74) is 0.210. The van der Waals surface area contributed by atoms with Crippen molar-refractivity contribution in [1.29, 1.82) is 0 Å². The molecule has 1 N–H and O–H groups in total. The largest absolute Gasteiger partial charge is 0.383 e. The van der Waals surface area contributed by atoms with Gasteiger partial charge < -0.3 is 5.11 Å². The topological polar surface area (TPSA) is 50.9 Å². The molecule has 0 saturated heterocycles. The smallest absolute Gasteiger partial charge is 0.223 e. The molecule has 0 fully saturated rings. The van der Waals surface area contributed by atoms with E-state index in [2.05, 4.69) is 10.1 Å². The number of rotatable bonds is 3. The molecule has 1 aromatic carbocycles. The van der Waals surface area contributed by atoms with Gasteiger partial charge in [-0.3, -0.25) is 0 Å². The second-order valence-corrected chi connectivity index (χ2v) is 4.20. The Labute approximate surface area is 107 Å². The SMILES string of the molecule is OC(c1cc(Cl)ccc1Cl)C(F)n1cncn1. The van der Waals surface area contributed by atoms with Gasteiger partial charge in [0, 0.05) is 15.6 Å². The lowest BCUT2D eigenvalue weighted by atomic mass is 10.1. The fraction of sp³-hybridized carbons (Fsp3) is 0.200. The summed E-state index contributed by atoms with van der Waals surface area (Å²) in [6, 6.07) is 4.47. The van der Waals surface area contributed by atoms with Crippen LogP contribution in [-0.4, -0.2) is 19.9 Å². The zero-order chi connectivity index (χ0) is 12.4. The standard InChI is InChI=1S/C10H8Cl2FN3O/c11-6-1-2-8(12)7(3-6)9(17)10(13)16-5-14-4-15-16/h1-5,9-10,17H. The van der Waals surface area contributed by atoms with Gasteiger partial charge in [-0.25, -0.2) is 14.1 Å². The summed E-state index contributed by atoms with van der Waals surface area (Å²) >= 11 is 11.6. The van der Waals surface area contributed by atoms with Gasteiger partial charge in [0.1, 0.15) is 18.8 Å². The zero-order valence-corrected chi connectivity index (χ0v) is 9.98. The van der Waals surface area contributed by atoms with Crippen LogP contribution in [0.2, 0.25) is 10.0 Å². The number of nitrogens with zero attached hydrogens (tertiary/aromatic N) is 3. The first-order valence-electron chi connectivity index (χ1n) is 4.71. The molecule has 0 spiro atoms. The number of hydrogen-bond acceptors (Lipinski definition) is 3. The van der Waals surface area contributed by atoms with Gasteiger partial charge >= 0.3 is 0 Å². The van der Waals surface area contributed by atoms with Gasteiger partial charge in [0.05, 0.1) is 0 Å². The normalized spacial score (nSPS) is 14.6. The highest BCUT2D eigenvalue weighted by Gasteiger charge is 2.24. The minimum absolute atomic E-state index is 0.210. The minimum Gasteiger partial charge on any atom is -0.383 e. The third-order valence-electron chi connectivity index (χ3n) is 2.23. The molecule has 7 heteroatoms. The van der Waals surface area contributed by atoms with E-state index in [1.165, 1.54) is 24.8 Å². The molecule has 0 saturated carbocycles. The Kier molecular flexibility index (Phi) is 3.61. The van der Waals surface area contributed by atoms with Crippen LogP contribution in [0.1, 0.15) is 18.0 Å². The van der Waals surface area contributed by atoms with E-state index in [1.807, 2.05) is 0 Å². The van der Waals surface area contributed by atoms with Crippen LogP contribution in [0.4, 0.5) is 4.39 Å². The van der Waals surface area contributed by atoms with Crippen molar-refractivity contribution in [3.05, 3.63) is 46.5 Å². The highest BCUT2D eigenvalue weighted by Crippen LogP contribution is 2.33. The molecule has 2 rings (SSSR count). The molecule has 1 aromatic heterocycles. The third kappa shape index (κ3) is 2.57. The van der Waals surface area contributed by atoms with Crippen LogP contribution in [0.3, 0.4) is 0 Å². The molecule has 1 heterocycles. The van der Waals surface area contributed by atoms with Crippen LogP contribution in [0, 0.1) is 0 Å². The number of aliphatic hydroxyl groups excluding tert-OH is 1. The summed E-state index contributed by atoms with van der Waals surface area (Å²) in [6.45, 7) is 0. The number of aliphatic hydroxyl groups is 1. The van der Waals surface area contributed by atoms with Crippen LogP contribution in [0.25, 0.3) is 0 Å². The molecular weight excluding hydrogens is 268 g/mol. The van der Waals surface area contributed by atoms with E-state index in [9.17, 15) is 9.50 Å². The lowest BCUT2D eigenvalue weighted by Gasteiger charge is -2.17. The second kappa shape index (κ2) is 5.00. The maximum absolute atomic E-state index is 13.9. The van der Waals surface area contributed by atoms with Crippen LogP contribution in [0.15, 0.2) is 30.9 Å². The second-order valence-electron chi connectivity index (χ2n) is 3.36. The van der Waals surface area contributed by atoms with Gasteiger partial charge in [0.25, 0.3) is 0 Å². The molecule has 0 amide bonds. The van der Waals surface area contributed by atoms with Crippen LogP contribution >= 0.6 is 23.2 Å². The molecule has 0 aliphatic carbocycles. The first-order chi connectivity index (χ1) is 8.09. The van der Waals surface area contributed by atoms with E-state index in [-0.39, 0.29) is 10.6 Å². The predicted octanol–water partition coefficient (Wildman–Crippen LogP) is 2.79. The lowest BCUT2D eigenvalue weighted by Crippen LogP contribution is -2.14. The molecule has 17 heavy (non-hydrogen) atoms. The van der Waals surface area contributed by atoms with Crippen LogP contribution < -0.4 is 0 Å². The highest BCUT2D eigenvalue weighted by molar-refractivity contribution is 6.33. The van der Waals surface area contributed by atoms with E-state index in [0.29, 0.717) is 5.02 Å². The molecule has 0 bridgehead atoms. The van der Waals surface area contributed by atoms with Gasteiger partial charge in [-0.05, 0) is 18.2 Å². The van der Waals surface area contributed by atoms with Crippen molar-refractivity contribution in [2.45, 2.75) is 12.4 Å². The summed E-state index contributed by atoms with van der Waals surface area (Å²) < 4.78 is 14.8. The fourth-order valence-electron chi connectivity index (χ4n) is 1.38. The Balaban J connectivity index is 2.30. The maximum Gasteiger partial charge on any atom is 0.223 e. The molecule has 2 unspecified atom stereocenters. The summed E-state index contributed by atoms with van der Waals surface area (Å²) in [6.07, 6.45) is -0.873. The first-order valence-corrected chi connectivity index (χ1v) is 5.46. The van der Waals surface area contributed by atoms with Crippen LogP contribution in [0.5, 0.6) is 0 Å². The number of halogens is 3. The fourth-order valence-corrected chi connectivity index (χ4v) is 1.79. The number of alkyl halides is 1. The average Bonchev–Trinajstić information content (AvgIpc) is 2.84. The molecule has 0 aliphatic rings. The third-order valence-corrected chi connectivity index (χ3v) is 2.81. The maximum atomic E-state index is 13.9. The number of hydrogen-bond donors (Lipinski definition) is 1. The van der Waals surface area contributed by atoms with Crippen molar-refractivity contribution in [1.82, 2.24) is 14.8 Å². The summed E-state index contributed by atoms with van der Waals surface area (Å²) in [5.74, 6) is 0. The van der Waals surface area contributed by atoms with Gasteiger partial charge in [0.2, 0.25) is 6.30 Å². The zero-order valence-electron chi connectivity index (χ0n) is 8.46. The molecule has 2 atom stereocenters. The van der Waals surface area contributed by atoms with E-state index < -0.39 is 12.4 Å². The van der Waals surface area contributed by atoms with Crippen molar-refractivity contribution in [3.63, 3.8) is 0 Å². The Hall–Kier alpha value is -1.17. The van der Waals surface area contributed by atoms with E-state index in [1.54, 1.807) is 6.07 Å². The average molecular weight is 276 g/mol. The summed E-state index contributed by atoms with van der Waals surface area (Å²) in [5, 5.41) is 14.1. The van der Waals surface area contributed by atoms with Gasteiger partial charge in [-0.2, -0.15) is 5.10 Å². The number of benzene rings is 1. The summed E-state index contributed by atoms with van der Waals surface area (Å²) in [7, 11) is 0. The monoisotopic (exact) mass is 275 g/mol. The van der Waals surface area contributed by atoms with E-state index >= 15 is 0 Å². The molecule has 2 aromatic rings. The summed E-state index contributed by atoms with van der Waals surface area (Å²) in [4.78, 5) is 3.60. The van der Waals surface area contributed by atoms with Crippen LogP contribution in [-0.2, 0) is 0 Å². The molecule has 0 aliphatic heterocycles. The van der Waals surface area contributed by atoms with Gasteiger partial charge in [0.15, 0.2) is 0 Å². The van der Waals surface area contributed by atoms with Crippen molar-refractivity contribution >= 4 is 23.2 Å². The molecule has 4 nitrogen and oxygen atoms in total. The van der Waals surface area contributed by atoms with Crippen molar-refractivity contribution in [2.75, 3.05) is 0 Å². The molecule has 90 valence electrons. The predicted molar refractivity (Wildman–Crippen MR) is 61.6 cm³/mol. The Morgan fingerprint density at radius 3 is 2.76 bits per heavy atom.